The summed E-state index contributed by atoms with van der Waals surface area (Å²) >= 11 is 0. The second kappa shape index (κ2) is 22.6. The molecular formula is C42H48O6. The van der Waals surface area contributed by atoms with E-state index in [0.29, 0.717) is 34.5 Å². The minimum Gasteiger partial charge on any atom is -0.508 e. The quantitative estimate of drug-likeness (QED) is 0.0975. The maximum atomic E-state index is 8.92. The van der Waals surface area contributed by atoms with Gasteiger partial charge in [-0.25, -0.2) is 0 Å². The standard InChI is InChI=1S/6C7H8O/c6*1-6-4-2-3-5-7(6)8/h6*2-5,8H,1H3. The number of rotatable bonds is 0. The van der Waals surface area contributed by atoms with Crippen LogP contribution in [-0.2, 0) is 0 Å². The Kier molecular flexibility index (Phi) is 18.9. The van der Waals surface area contributed by atoms with Crippen LogP contribution >= 0.6 is 0 Å². The predicted molar refractivity (Wildman–Crippen MR) is 197 cm³/mol. The Morgan fingerprint density at radius 3 is 0.375 bits per heavy atom. The van der Waals surface area contributed by atoms with Crippen LogP contribution in [0.1, 0.15) is 33.4 Å². The largest absolute Gasteiger partial charge is 0.508 e. The van der Waals surface area contributed by atoms with Crippen LogP contribution in [0.25, 0.3) is 0 Å². The Labute approximate surface area is 285 Å². The molecule has 6 N–H and O–H groups in total. The van der Waals surface area contributed by atoms with Crippen LogP contribution in [0.3, 0.4) is 0 Å². The van der Waals surface area contributed by atoms with Crippen LogP contribution in [0.15, 0.2) is 146 Å². The van der Waals surface area contributed by atoms with Gasteiger partial charge in [0.15, 0.2) is 0 Å². The number of aromatic hydroxyl groups is 6. The van der Waals surface area contributed by atoms with Crippen molar-refractivity contribution in [3.8, 4) is 34.5 Å². The molecule has 0 unspecified atom stereocenters. The maximum absolute atomic E-state index is 8.92. The highest BCUT2D eigenvalue weighted by molar-refractivity contribution is 5.33. The minimum atomic E-state index is 0.368. The number of aryl methyl sites for hydroxylation is 6. The molecule has 0 atom stereocenters. The van der Waals surface area contributed by atoms with E-state index in [0.717, 1.165) is 33.4 Å². The molecule has 0 aliphatic heterocycles. The normalized spacial score (nSPS) is 9.12. The fourth-order valence-electron chi connectivity index (χ4n) is 3.38. The lowest BCUT2D eigenvalue weighted by molar-refractivity contribution is 0.470. The summed E-state index contributed by atoms with van der Waals surface area (Å²) in [6.45, 7) is 11.2. The lowest BCUT2D eigenvalue weighted by Gasteiger charge is -1.92. The Balaban J connectivity index is 0.000000288. The van der Waals surface area contributed by atoms with Gasteiger partial charge in [-0.05, 0) is 111 Å². The highest BCUT2D eigenvalue weighted by Gasteiger charge is 1.90. The van der Waals surface area contributed by atoms with Crippen molar-refractivity contribution in [3.05, 3.63) is 179 Å². The van der Waals surface area contributed by atoms with Crippen LogP contribution < -0.4 is 0 Å². The van der Waals surface area contributed by atoms with E-state index in [-0.39, 0.29) is 0 Å². The Bertz CT molecular complexity index is 1300. The molecule has 6 heteroatoms. The molecule has 6 nitrogen and oxygen atoms in total. The third kappa shape index (κ3) is 17.0. The summed E-state index contributed by atoms with van der Waals surface area (Å²) in [5, 5.41) is 53.5. The van der Waals surface area contributed by atoms with Gasteiger partial charge in [-0.2, -0.15) is 0 Å². The molecule has 0 aromatic heterocycles. The second-order valence-corrected chi connectivity index (χ2v) is 10.7. The SMILES string of the molecule is Cc1ccccc1O.Cc1ccccc1O.Cc1ccccc1O.Cc1ccccc1O.Cc1ccccc1O.Cc1ccccc1O. The highest BCUT2D eigenvalue weighted by atomic mass is 16.3. The van der Waals surface area contributed by atoms with Crippen LogP contribution in [0.4, 0.5) is 0 Å². The zero-order valence-corrected chi connectivity index (χ0v) is 28.5. The molecule has 6 aromatic rings. The molecule has 0 spiro atoms. The molecule has 6 aromatic carbocycles. The van der Waals surface area contributed by atoms with E-state index in [2.05, 4.69) is 0 Å². The van der Waals surface area contributed by atoms with E-state index < -0.39 is 0 Å². The average molecular weight is 649 g/mol. The molecule has 48 heavy (non-hydrogen) atoms. The first-order valence-electron chi connectivity index (χ1n) is 15.3. The monoisotopic (exact) mass is 648 g/mol. The number of hydrogen-bond acceptors (Lipinski definition) is 6. The number of phenols is 6. The summed E-state index contributed by atoms with van der Waals surface area (Å²) in [5.41, 5.74) is 5.54. The molecule has 0 aliphatic rings. The second-order valence-electron chi connectivity index (χ2n) is 10.7. The molecule has 0 amide bonds. The van der Waals surface area contributed by atoms with Crippen molar-refractivity contribution < 1.29 is 30.6 Å². The Morgan fingerprint density at radius 1 is 0.208 bits per heavy atom. The maximum Gasteiger partial charge on any atom is 0.118 e. The molecule has 6 rings (SSSR count). The van der Waals surface area contributed by atoms with Crippen LogP contribution in [0.5, 0.6) is 34.5 Å². The van der Waals surface area contributed by atoms with Gasteiger partial charge in [-0.3, -0.25) is 0 Å². The molecule has 0 bridgehead atoms. The summed E-state index contributed by atoms with van der Waals surface area (Å²) in [4.78, 5) is 0. The van der Waals surface area contributed by atoms with Gasteiger partial charge in [-0.1, -0.05) is 109 Å². The fourth-order valence-corrected chi connectivity index (χ4v) is 3.38. The number of hydrogen-bond donors (Lipinski definition) is 6. The van der Waals surface area contributed by atoms with Gasteiger partial charge in [0.25, 0.3) is 0 Å². The van der Waals surface area contributed by atoms with E-state index >= 15 is 0 Å². The Morgan fingerprint density at radius 2 is 0.312 bits per heavy atom. The summed E-state index contributed by atoms with van der Waals surface area (Å²) < 4.78 is 0. The van der Waals surface area contributed by atoms with Crippen molar-refractivity contribution in [3.63, 3.8) is 0 Å². The summed E-state index contributed by atoms with van der Waals surface area (Å²) in [5.74, 6) is 2.21. The number of para-hydroxylation sites is 6. The van der Waals surface area contributed by atoms with E-state index in [1.165, 1.54) is 0 Å². The van der Waals surface area contributed by atoms with E-state index in [4.69, 9.17) is 30.6 Å². The highest BCUT2D eigenvalue weighted by Crippen LogP contribution is 2.15. The van der Waals surface area contributed by atoms with Crippen LogP contribution in [0, 0.1) is 41.5 Å². The van der Waals surface area contributed by atoms with Gasteiger partial charge in [0, 0.05) is 0 Å². The predicted octanol–water partition coefficient (Wildman–Crippen LogP) is 10.2. The third-order valence-electron chi connectivity index (χ3n) is 6.69. The summed E-state index contributed by atoms with van der Waals surface area (Å²) in [7, 11) is 0. The first kappa shape index (κ1) is 40.1. The first-order chi connectivity index (χ1) is 22.8. The van der Waals surface area contributed by atoms with Gasteiger partial charge < -0.3 is 30.6 Å². The van der Waals surface area contributed by atoms with Crippen molar-refractivity contribution in [2.75, 3.05) is 0 Å². The zero-order valence-electron chi connectivity index (χ0n) is 28.5. The zero-order chi connectivity index (χ0) is 35.9. The smallest absolute Gasteiger partial charge is 0.118 e. The van der Waals surface area contributed by atoms with Crippen molar-refractivity contribution in [1.29, 1.82) is 0 Å². The summed E-state index contributed by atoms with van der Waals surface area (Å²) in [6.07, 6.45) is 0. The van der Waals surface area contributed by atoms with Gasteiger partial charge in [0.1, 0.15) is 34.5 Å². The van der Waals surface area contributed by atoms with Gasteiger partial charge in [-0.15, -0.1) is 0 Å². The lowest BCUT2D eigenvalue weighted by Crippen LogP contribution is -1.68. The third-order valence-corrected chi connectivity index (χ3v) is 6.69. The molecule has 0 heterocycles. The molecule has 0 saturated heterocycles. The molecule has 0 saturated carbocycles. The first-order valence-corrected chi connectivity index (χ1v) is 15.3. The lowest BCUT2D eigenvalue weighted by atomic mass is 10.2. The van der Waals surface area contributed by atoms with Crippen molar-refractivity contribution in [1.82, 2.24) is 0 Å². The van der Waals surface area contributed by atoms with Crippen LogP contribution in [0.2, 0.25) is 0 Å². The van der Waals surface area contributed by atoms with E-state index in [9.17, 15) is 0 Å². The van der Waals surface area contributed by atoms with E-state index in [1.807, 2.05) is 151 Å². The minimum absolute atomic E-state index is 0.368. The topological polar surface area (TPSA) is 121 Å². The molecule has 252 valence electrons. The van der Waals surface area contributed by atoms with Crippen molar-refractivity contribution in [2.45, 2.75) is 41.5 Å². The number of benzene rings is 6. The number of phenolic OH excluding ortho intramolecular Hbond substituents is 6. The van der Waals surface area contributed by atoms with Crippen molar-refractivity contribution in [2.24, 2.45) is 0 Å². The van der Waals surface area contributed by atoms with Gasteiger partial charge in [0.05, 0.1) is 0 Å². The molecule has 0 aliphatic carbocycles. The fraction of sp³-hybridized carbons (Fsp3) is 0.143. The van der Waals surface area contributed by atoms with Gasteiger partial charge in [0.2, 0.25) is 0 Å². The molecular weight excluding hydrogens is 600 g/mol. The van der Waals surface area contributed by atoms with E-state index in [1.54, 1.807) is 36.4 Å². The average Bonchev–Trinajstić information content (AvgIpc) is 3.07. The summed E-state index contributed by atoms with van der Waals surface area (Å²) in [6, 6.07) is 43.5. The van der Waals surface area contributed by atoms with Crippen LogP contribution in [-0.4, -0.2) is 30.6 Å². The van der Waals surface area contributed by atoms with Crippen molar-refractivity contribution >= 4 is 0 Å². The van der Waals surface area contributed by atoms with Gasteiger partial charge >= 0.3 is 0 Å². The molecule has 0 fully saturated rings. The molecule has 0 radical (unpaired) electrons. The Hall–Kier alpha value is -5.88.